The number of nitrogens with one attached hydrogen (secondary N) is 2. The van der Waals surface area contributed by atoms with Gasteiger partial charge in [-0.15, -0.1) is 0 Å². The summed E-state index contributed by atoms with van der Waals surface area (Å²) in [6.07, 6.45) is 3.96. The smallest absolute Gasteiger partial charge is 0.239 e. The number of hydrogen-bond acceptors (Lipinski definition) is 4. The van der Waals surface area contributed by atoms with E-state index in [1.165, 1.54) is 11.3 Å². The Morgan fingerprint density at radius 3 is 2.69 bits per heavy atom. The molecule has 8 nitrogen and oxygen atoms in total. The van der Waals surface area contributed by atoms with Gasteiger partial charge >= 0.3 is 0 Å². The van der Waals surface area contributed by atoms with Crippen LogP contribution in [0.3, 0.4) is 0 Å². The van der Waals surface area contributed by atoms with Gasteiger partial charge < -0.3 is 15.5 Å². The van der Waals surface area contributed by atoms with Crippen molar-refractivity contribution in [2.24, 2.45) is 12.0 Å². The first-order valence-electron chi connectivity index (χ1n) is 10.7. The summed E-state index contributed by atoms with van der Waals surface area (Å²) in [6, 6.07) is 0.303. The van der Waals surface area contributed by atoms with E-state index in [1.807, 2.05) is 25.8 Å². The van der Waals surface area contributed by atoms with Crippen molar-refractivity contribution in [2.75, 3.05) is 40.8 Å². The van der Waals surface area contributed by atoms with E-state index in [9.17, 15) is 4.79 Å². The highest BCUT2D eigenvalue weighted by molar-refractivity contribution is 5.81. The van der Waals surface area contributed by atoms with Crippen LogP contribution >= 0.6 is 0 Å². The van der Waals surface area contributed by atoms with Gasteiger partial charge in [0.05, 0.1) is 11.7 Å². The third-order valence-corrected chi connectivity index (χ3v) is 5.78. The lowest BCUT2D eigenvalue weighted by molar-refractivity contribution is -0.133. The van der Waals surface area contributed by atoms with E-state index >= 15 is 0 Å². The number of likely N-dealkylation sites (N-methyl/N-ethyl adjacent to an activating group) is 1. The van der Waals surface area contributed by atoms with Gasteiger partial charge in [-0.1, -0.05) is 0 Å². The predicted octanol–water partition coefficient (Wildman–Crippen LogP) is 1.08. The molecule has 0 aromatic carbocycles. The van der Waals surface area contributed by atoms with Gasteiger partial charge in [0.2, 0.25) is 5.91 Å². The summed E-state index contributed by atoms with van der Waals surface area (Å²) in [4.78, 5) is 20.7. The summed E-state index contributed by atoms with van der Waals surface area (Å²) in [7, 11) is 7.47. The highest BCUT2D eigenvalue weighted by atomic mass is 16.2. The van der Waals surface area contributed by atoms with Gasteiger partial charge in [-0.2, -0.15) is 5.10 Å². The van der Waals surface area contributed by atoms with Crippen LogP contribution in [-0.2, 0) is 18.3 Å². The second-order valence-electron chi connectivity index (χ2n) is 8.30. The van der Waals surface area contributed by atoms with Crippen LogP contribution in [0, 0.1) is 13.8 Å². The van der Waals surface area contributed by atoms with Crippen molar-refractivity contribution in [3.8, 4) is 0 Å². The molecule has 0 bridgehead atoms. The number of carbonyl (C=O) groups is 1. The Kier molecular flexibility index (Phi) is 8.49. The maximum Gasteiger partial charge on any atom is 0.239 e. The van der Waals surface area contributed by atoms with Crippen molar-refractivity contribution >= 4 is 11.9 Å². The van der Waals surface area contributed by atoms with Crippen molar-refractivity contribution in [3.63, 3.8) is 0 Å². The average Bonchev–Trinajstić information content (AvgIpc) is 3.23. The highest BCUT2D eigenvalue weighted by Crippen LogP contribution is 2.18. The molecule has 8 heteroatoms. The van der Waals surface area contributed by atoms with Crippen LogP contribution in [-0.4, -0.2) is 84.3 Å². The van der Waals surface area contributed by atoms with Gasteiger partial charge in [-0.25, -0.2) is 0 Å². The van der Waals surface area contributed by atoms with Gasteiger partial charge in [0.15, 0.2) is 5.96 Å². The third-order valence-electron chi connectivity index (χ3n) is 5.78. The quantitative estimate of drug-likeness (QED) is 0.384. The fraction of sp³-hybridized carbons (Fsp3) is 0.762. The molecule has 1 aliphatic rings. The van der Waals surface area contributed by atoms with Crippen molar-refractivity contribution < 1.29 is 4.79 Å². The zero-order valence-electron chi connectivity index (χ0n) is 19.2. The number of rotatable bonds is 8. The minimum Gasteiger partial charge on any atom is -0.356 e. The lowest BCUT2D eigenvalue weighted by Crippen LogP contribution is -2.45. The Bertz CT molecular complexity index is 710. The molecule has 29 heavy (non-hydrogen) atoms. The van der Waals surface area contributed by atoms with Crippen molar-refractivity contribution in [2.45, 2.75) is 58.5 Å². The SMILES string of the molecule is CN=C(NCCCN1CCCC1C(=O)N(C)C)NC(C)Cc1c(C)nn(C)c1C. The van der Waals surface area contributed by atoms with Crippen molar-refractivity contribution in [1.29, 1.82) is 0 Å². The fourth-order valence-corrected chi connectivity index (χ4v) is 4.06. The lowest BCUT2D eigenvalue weighted by atomic mass is 10.1. The number of guanidine groups is 1. The molecule has 1 fully saturated rings. The van der Waals surface area contributed by atoms with Crippen LogP contribution in [0.5, 0.6) is 0 Å². The zero-order valence-corrected chi connectivity index (χ0v) is 19.2. The molecule has 0 radical (unpaired) electrons. The summed E-state index contributed by atoms with van der Waals surface area (Å²) in [5.74, 6) is 1.04. The number of hydrogen-bond donors (Lipinski definition) is 2. The van der Waals surface area contributed by atoms with Crippen LogP contribution in [0.4, 0.5) is 0 Å². The first-order chi connectivity index (χ1) is 13.7. The van der Waals surface area contributed by atoms with E-state index in [0.29, 0.717) is 0 Å². The summed E-state index contributed by atoms with van der Waals surface area (Å²) in [5.41, 5.74) is 3.61. The first kappa shape index (κ1) is 23.2. The Labute approximate surface area is 175 Å². The van der Waals surface area contributed by atoms with Gasteiger partial charge in [0, 0.05) is 53.0 Å². The summed E-state index contributed by atoms with van der Waals surface area (Å²) >= 11 is 0. The molecule has 1 aliphatic heterocycles. The van der Waals surface area contributed by atoms with Crippen molar-refractivity contribution in [1.82, 2.24) is 30.2 Å². The Morgan fingerprint density at radius 2 is 2.10 bits per heavy atom. The molecule has 2 atom stereocenters. The number of aliphatic imine (C=N–C) groups is 1. The minimum atomic E-state index is 0.0495. The second kappa shape index (κ2) is 10.6. The van der Waals surface area contributed by atoms with Crippen molar-refractivity contribution in [3.05, 3.63) is 17.0 Å². The monoisotopic (exact) mass is 405 g/mol. The molecule has 2 N–H and O–H groups in total. The standard InChI is InChI=1S/C21H39N7O/c1-15(14-18-16(2)25-27(7)17(18)3)24-21(22-4)23-11-9-13-28-12-8-10-19(28)20(29)26(5)6/h15,19H,8-14H2,1-7H3,(H2,22,23,24). The number of aryl methyl sites for hydroxylation is 2. The molecule has 0 saturated carbocycles. The van der Waals surface area contributed by atoms with Crippen LogP contribution < -0.4 is 10.6 Å². The molecule has 2 rings (SSSR count). The van der Waals surface area contributed by atoms with Gasteiger partial charge in [0.1, 0.15) is 0 Å². The fourth-order valence-electron chi connectivity index (χ4n) is 4.06. The number of nitrogens with zero attached hydrogens (tertiary/aromatic N) is 5. The molecule has 164 valence electrons. The van der Waals surface area contributed by atoms with E-state index in [0.717, 1.165) is 57.0 Å². The molecule has 1 amide bonds. The largest absolute Gasteiger partial charge is 0.356 e. The number of likely N-dealkylation sites (tertiary alicyclic amines) is 1. The molecule has 1 aromatic rings. The minimum absolute atomic E-state index is 0.0495. The average molecular weight is 406 g/mol. The first-order valence-corrected chi connectivity index (χ1v) is 10.7. The summed E-state index contributed by atoms with van der Waals surface area (Å²) in [5, 5.41) is 11.4. The van der Waals surface area contributed by atoms with Gasteiger partial charge in [0.25, 0.3) is 0 Å². The second-order valence-corrected chi connectivity index (χ2v) is 8.30. The molecule has 2 heterocycles. The van der Waals surface area contributed by atoms with E-state index in [1.54, 1.807) is 11.9 Å². The molecule has 1 aromatic heterocycles. The maximum absolute atomic E-state index is 12.3. The third kappa shape index (κ3) is 6.19. The van der Waals surface area contributed by atoms with E-state index < -0.39 is 0 Å². The van der Waals surface area contributed by atoms with Crippen LogP contribution in [0.2, 0.25) is 0 Å². The summed E-state index contributed by atoms with van der Waals surface area (Å²) in [6.45, 7) is 9.11. The van der Waals surface area contributed by atoms with E-state index in [4.69, 9.17) is 0 Å². The Balaban J connectivity index is 1.75. The van der Waals surface area contributed by atoms with Crippen LogP contribution in [0.15, 0.2) is 4.99 Å². The van der Waals surface area contributed by atoms with Crippen LogP contribution in [0.1, 0.15) is 43.1 Å². The topological polar surface area (TPSA) is 77.8 Å². The predicted molar refractivity (Wildman–Crippen MR) is 118 cm³/mol. The Hall–Kier alpha value is -2.09. The normalized spacial score (nSPS) is 18.7. The number of carbonyl (C=O) groups excluding carboxylic acids is 1. The molecular weight excluding hydrogens is 366 g/mol. The maximum atomic E-state index is 12.3. The summed E-state index contributed by atoms with van der Waals surface area (Å²) < 4.78 is 1.94. The van der Waals surface area contributed by atoms with E-state index in [-0.39, 0.29) is 18.0 Å². The highest BCUT2D eigenvalue weighted by Gasteiger charge is 2.30. The van der Waals surface area contributed by atoms with E-state index in [2.05, 4.69) is 46.4 Å². The molecule has 0 aliphatic carbocycles. The molecule has 2 unspecified atom stereocenters. The van der Waals surface area contributed by atoms with Crippen LogP contribution in [0.25, 0.3) is 0 Å². The van der Waals surface area contributed by atoms with Gasteiger partial charge in [-0.05, 0) is 58.6 Å². The Morgan fingerprint density at radius 1 is 1.38 bits per heavy atom. The number of amides is 1. The zero-order chi connectivity index (χ0) is 21.6. The molecule has 0 spiro atoms. The molecular formula is C21H39N7O. The lowest BCUT2D eigenvalue weighted by Gasteiger charge is -2.26. The molecule has 1 saturated heterocycles. The number of aromatic nitrogens is 2. The van der Waals surface area contributed by atoms with Gasteiger partial charge in [-0.3, -0.25) is 19.4 Å².